The highest BCUT2D eigenvalue weighted by atomic mass is 15.3. The third kappa shape index (κ3) is 3.58. The minimum atomic E-state index is 1.09. The van der Waals surface area contributed by atoms with Crippen molar-refractivity contribution in [3.63, 3.8) is 0 Å². The number of nitrogens with zero attached hydrogens (tertiary/aromatic N) is 2. The molecule has 3 rings (SSSR count). The van der Waals surface area contributed by atoms with E-state index in [2.05, 4.69) is 79.4 Å². The van der Waals surface area contributed by atoms with Crippen LogP contribution in [0.4, 0.5) is 0 Å². The monoisotopic (exact) mass is 279 g/mol. The van der Waals surface area contributed by atoms with Crippen molar-refractivity contribution < 1.29 is 0 Å². The van der Waals surface area contributed by atoms with Gasteiger partial charge < -0.3 is 5.73 Å². The van der Waals surface area contributed by atoms with Gasteiger partial charge in [0.25, 0.3) is 0 Å². The Morgan fingerprint density at radius 1 is 0.762 bits per heavy atom. The van der Waals surface area contributed by atoms with Gasteiger partial charge in [0, 0.05) is 11.8 Å². The molecule has 0 spiro atoms. The van der Waals surface area contributed by atoms with Crippen LogP contribution < -0.4 is 5.73 Å². The van der Waals surface area contributed by atoms with Crippen LogP contribution in [0.25, 0.3) is 16.8 Å². The molecule has 0 bridgehead atoms. The molecule has 3 heteroatoms. The maximum absolute atomic E-state index is 4.50. The lowest BCUT2D eigenvalue weighted by Gasteiger charge is -2.01. The molecule has 3 nitrogen and oxygen atoms in total. The zero-order valence-electron chi connectivity index (χ0n) is 12.7. The van der Waals surface area contributed by atoms with E-state index in [0.717, 1.165) is 11.3 Å². The fourth-order valence-corrected chi connectivity index (χ4v) is 2.06. The van der Waals surface area contributed by atoms with Crippen LogP contribution in [-0.4, -0.2) is 16.8 Å². The highest BCUT2D eigenvalue weighted by molar-refractivity contribution is 5.62. The maximum Gasteiger partial charge on any atom is 0.0645 e. The molecule has 0 atom stereocenters. The van der Waals surface area contributed by atoms with Crippen LogP contribution in [0.3, 0.4) is 0 Å². The lowest BCUT2D eigenvalue weighted by molar-refractivity contribution is 0.880. The Hall–Kier alpha value is -2.39. The molecule has 21 heavy (non-hydrogen) atoms. The minimum Gasteiger partial charge on any atom is -0.333 e. The first-order valence-electron chi connectivity index (χ1n) is 6.99. The Bertz CT molecular complexity index is 619. The fraction of sp³-hybridized carbons (Fsp3) is 0.167. The molecular weight excluding hydrogens is 258 g/mol. The van der Waals surface area contributed by atoms with Gasteiger partial charge in [-0.15, -0.1) is 0 Å². The van der Waals surface area contributed by atoms with Crippen molar-refractivity contribution in [2.75, 3.05) is 7.05 Å². The van der Waals surface area contributed by atoms with Crippen LogP contribution in [0.15, 0.2) is 60.9 Å². The van der Waals surface area contributed by atoms with Crippen molar-refractivity contribution in [2.24, 2.45) is 5.73 Å². The van der Waals surface area contributed by atoms with Crippen LogP contribution in [-0.2, 0) is 0 Å². The molecule has 2 N–H and O–H groups in total. The number of rotatable bonds is 2. The predicted molar refractivity (Wildman–Crippen MR) is 88.6 cm³/mol. The molecule has 0 aliphatic carbocycles. The Labute approximate surface area is 126 Å². The topological polar surface area (TPSA) is 43.8 Å². The summed E-state index contributed by atoms with van der Waals surface area (Å²) in [4.78, 5) is 0. The number of aryl methyl sites for hydroxylation is 2. The smallest absolute Gasteiger partial charge is 0.0645 e. The van der Waals surface area contributed by atoms with Crippen molar-refractivity contribution in [3.05, 3.63) is 72.1 Å². The van der Waals surface area contributed by atoms with Gasteiger partial charge in [0.1, 0.15) is 0 Å². The summed E-state index contributed by atoms with van der Waals surface area (Å²) < 4.78 is 1.91. The molecule has 3 aromatic rings. The lowest BCUT2D eigenvalue weighted by Crippen LogP contribution is -1.93. The standard InChI is InChI=1S/C17H16N2.CH5N/c1-13-3-7-15(8-4-13)16-11-18-19(12-16)17-9-5-14(2)6-10-17;1-2/h3-12H,1-2H3;2H2,1H3. The molecule has 0 aliphatic rings. The van der Waals surface area contributed by atoms with E-state index in [1.54, 1.807) is 0 Å². The van der Waals surface area contributed by atoms with E-state index in [1.165, 1.54) is 23.7 Å². The fourth-order valence-electron chi connectivity index (χ4n) is 2.06. The van der Waals surface area contributed by atoms with Gasteiger partial charge in [-0.2, -0.15) is 5.10 Å². The molecule has 0 saturated heterocycles. The molecule has 0 saturated carbocycles. The average molecular weight is 279 g/mol. The molecule has 108 valence electrons. The van der Waals surface area contributed by atoms with Crippen LogP contribution in [0.2, 0.25) is 0 Å². The van der Waals surface area contributed by atoms with E-state index in [4.69, 9.17) is 0 Å². The summed E-state index contributed by atoms with van der Waals surface area (Å²) in [6.45, 7) is 4.18. The summed E-state index contributed by atoms with van der Waals surface area (Å²) in [5.41, 5.74) is 10.5. The van der Waals surface area contributed by atoms with Gasteiger partial charge in [-0.3, -0.25) is 0 Å². The van der Waals surface area contributed by atoms with E-state index >= 15 is 0 Å². The Kier molecular flexibility index (Phi) is 4.90. The molecular formula is C18H21N3. The summed E-state index contributed by atoms with van der Waals surface area (Å²) in [6, 6.07) is 16.9. The van der Waals surface area contributed by atoms with Gasteiger partial charge in [0.15, 0.2) is 0 Å². The summed E-state index contributed by atoms with van der Waals surface area (Å²) in [5, 5.41) is 4.43. The zero-order chi connectivity index (χ0) is 15.2. The molecule has 0 unspecified atom stereocenters. The maximum atomic E-state index is 4.50. The van der Waals surface area contributed by atoms with E-state index in [1.807, 2.05) is 10.9 Å². The normalized spacial score (nSPS) is 9.90. The van der Waals surface area contributed by atoms with Crippen molar-refractivity contribution in [2.45, 2.75) is 13.8 Å². The first-order valence-corrected chi connectivity index (χ1v) is 6.99. The molecule has 2 aromatic carbocycles. The third-order valence-electron chi connectivity index (χ3n) is 3.27. The highest BCUT2D eigenvalue weighted by Gasteiger charge is 2.03. The number of nitrogens with two attached hydrogens (primary N) is 1. The first-order chi connectivity index (χ1) is 10.2. The molecule has 1 heterocycles. The third-order valence-corrected chi connectivity index (χ3v) is 3.27. The van der Waals surface area contributed by atoms with Crippen molar-refractivity contribution in [3.8, 4) is 16.8 Å². The second-order valence-corrected chi connectivity index (χ2v) is 4.88. The van der Waals surface area contributed by atoms with Crippen molar-refractivity contribution in [1.82, 2.24) is 9.78 Å². The lowest BCUT2D eigenvalue weighted by atomic mass is 10.1. The quantitative estimate of drug-likeness (QED) is 0.776. The molecule has 1 aromatic heterocycles. The summed E-state index contributed by atoms with van der Waals surface area (Å²) >= 11 is 0. The number of hydrogen-bond acceptors (Lipinski definition) is 2. The zero-order valence-corrected chi connectivity index (χ0v) is 12.7. The second kappa shape index (κ2) is 6.86. The van der Waals surface area contributed by atoms with Crippen LogP contribution >= 0.6 is 0 Å². The minimum absolute atomic E-state index is 1.09. The van der Waals surface area contributed by atoms with Crippen LogP contribution in [0.5, 0.6) is 0 Å². The van der Waals surface area contributed by atoms with E-state index < -0.39 is 0 Å². The largest absolute Gasteiger partial charge is 0.333 e. The molecule has 0 radical (unpaired) electrons. The Morgan fingerprint density at radius 3 is 1.86 bits per heavy atom. The van der Waals surface area contributed by atoms with Crippen LogP contribution in [0, 0.1) is 13.8 Å². The molecule has 0 fully saturated rings. The highest BCUT2D eigenvalue weighted by Crippen LogP contribution is 2.20. The van der Waals surface area contributed by atoms with Crippen molar-refractivity contribution in [1.29, 1.82) is 0 Å². The van der Waals surface area contributed by atoms with Gasteiger partial charge in [-0.05, 0) is 38.6 Å². The van der Waals surface area contributed by atoms with Gasteiger partial charge in [-0.1, -0.05) is 47.5 Å². The first kappa shape index (κ1) is 15.0. The van der Waals surface area contributed by atoms with Gasteiger partial charge in [0.2, 0.25) is 0 Å². The van der Waals surface area contributed by atoms with Gasteiger partial charge in [0.05, 0.1) is 11.9 Å². The van der Waals surface area contributed by atoms with Crippen molar-refractivity contribution >= 4 is 0 Å². The Morgan fingerprint density at radius 2 is 1.29 bits per heavy atom. The summed E-state index contributed by atoms with van der Waals surface area (Å²) in [7, 11) is 1.50. The SMILES string of the molecule is CN.Cc1ccc(-c2cnn(-c3ccc(C)cc3)c2)cc1. The predicted octanol–water partition coefficient (Wildman–Crippen LogP) is 3.73. The summed E-state index contributed by atoms with van der Waals surface area (Å²) in [5.74, 6) is 0. The number of hydrogen-bond donors (Lipinski definition) is 1. The second-order valence-electron chi connectivity index (χ2n) is 4.88. The summed E-state index contributed by atoms with van der Waals surface area (Å²) in [6.07, 6.45) is 3.97. The van der Waals surface area contributed by atoms with Crippen LogP contribution in [0.1, 0.15) is 11.1 Å². The van der Waals surface area contributed by atoms with E-state index in [9.17, 15) is 0 Å². The van der Waals surface area contributed by atoms with Gasteiger partial charge >= 0.3 is 0 Å². The molecule has 0 aliphatic heterocycles. The van der Waals surface area contributed by atoms with E-state index in [-0.39, 0.29) is 0 Å². The number of benzene rings is 2. The number of aromatic nitrogens is 2. The van der Waals surface area contributed by atoms with E-state index in [0.29, 0.717) is 0 Å². The average Bonchev–Trinajstić information content (AvgIpc) is 3.01. The van der Waals surface area contributed by atoms with Gasteiger partial charge in [-0.25, -0.2) is 4.68 Å². The molecule has 0 amide bonds. The Balaban J connectivity index is 0.000000774.